The fourth-order valence-corrected chi connectivity index (χ4v) is 1.88. The summed E-state index contributed by atoms with van der Waals surface area (Å²) in [5, 5.41) is 1.15. The molecule has 0 bridgehead atoms. The van der Waals surface area contributed by atoms with E-state index in [1.165, 1.54) is 0 Å². The van der Waals surface area contributed by atoms with Gasteiger partial charge in [-0.3, -0.25) is 0 Å². The Morgan fingerprint density at radius 2 is 1.18 bits per heavy atom. The van der Waals surface area contributed by atoms with Crippen molar-refractivity contribution in [3.05, 3.63) is 57.6 Å². The molecule has 2 rings (SSSR count). The third kappa shape index (κ3) is 2.84. The Labute approximate surface area is 110 Å². The van der Waals surface area contributed by atoms with Gasteiger partial charge in [0.25, 0.3) is 0 Å². The smallest absolute Gasteiger partial charge is 0.0635 e. The Balaban J connectivity index is 2.25. The van der Waals surface area contributed by atoms with Crippen molar-refractivity contribution in [2.75, 3.05) is 11.5 Å². The molecule has 0 fully saturated rings. The quantitative estimate of drug-likeness (QED) is 0.814. The molecule has 0 radical (unpaired) electrons. The number of benzene rings is 2. The zero-order chi connectivity index (χ0) is 12.4. The highest BCUT2D eigenvalue weighted by Gasteiger charge is 2.02. The molecule has 2 aromatic rings. The van der Waals surface area contributed by atoms with Crippen molar-refractivity contribution >= 4 is 34.6 Å². The van der Waals surface area contributed by atoms with E-state index < -0.39 is 0 Å². The average molecular weight is 267 g/mol. The van der Waals surface area contributed by atoms with Gasteiger partial charge < -0.3 is 11.5 Å². The van der Waals surface area contributed by atoms with E-state index in [0.29, 0.717) is 21.4 Å². The van der Waals surface area contributed by atoms with Crippen molar-refractivity contribution < 1.29 is 0 Å². The van der Waals surface area contributed by atoms with Gasteiger partial charge in [-0.1, -0.05) is 35.3 Å². The third-order valence-corrected chi connectivity index (χ3v) is 3.22. The van der Waals surface area contributed by atoms with Crippen molar-refractivity contribution in [3.8, 4) is 0 Å². The summed E-state index contributed by atoms with van der Waals surface area (Å²) in [5.41, 5.74) is 14.9. The van der Waals surface area contributed by atoms with E-state index in [9.17, 15) is 0 Å². The SMILES string of the molecule is Nc1cc(Cc2ccc(Cl)c(N)c2)ccc1Cl. The van der Waals surface area contributed by atoms with Gasteiger partial charge in [-0.2, -0.15) is 0 Å². The van der Waals surface area contributed by atoms with Crippen LogP contribution in [0.15, 0.2) is 36.4 Å². The molecule has 0 heterocycles. The van der Waals surface area contributed by atoms with Gasteiger partial charge in [-0.25, -0.2) is 0 Å². The number of nitrogen functional groups attached to an aromatic ring is 2. The fourth-order valence-electron chi connectivity index (χ4n) is 1.64. The molecule has 0 aliphatic heterocycles. The molecule has 0 saturated heterocycles. The van der Waals surface area contributed by atoms with Crippen LogP contribution in [0.1, 0.15) is 11.1 Å². The second-order valence-corrected chi connectivity index (χ2v) is 4.70. The monoisotopic (exact) mass is 266 g/mol. The first kappa shape index (κ1) is 12.1. The van der Waals surface area contributed by atoms with E-state index in [4.69, 9.17) is 34.7 Å². The van der Waals surface area contributed by atoms with E-state index in [2.05, 4.69) is 0 Å². The van der Waals surface area contributed by atoms with Gasteiger partial charge in [0.05, 0.1) is 21.4 Å². The summed E-state index contributed by atoms with van der Waals surface area (Å²) in [4.78, 5) is 0. The summed E-state index contributed by atoms with van der Waals surface area (Å²) >= 11 is 11.7. The van der Waals surface area contributed by atoms with E-state index in [-0.39, 0.29) is 0 Å². The van der Waals surface area contributed by atoms with Crippen LogP contribution in [-0.4, -0.2) is 0 Å². The van der Waals surface area contributed by atoms with E-state index in [0.717, 1.165) is 17.5 Å². The van der Waals surface area contributed by atoms with E-state index in [1.54, 1.807) is 12.1 Å². The Morgan fingerprint density at radius 3 is 1.53 bits per heavy atom. The molecule has 2 aromatic carbocycles. The predicted octanol–water partition coefficient (Wildman–Crippen LogP) is 3.75. The molecule has 4 N–H and O–H groups in total. The predicted molar refractivity (Wildman–Crippen MR) is 74.5 cm³/mol. The standard InChI is InChI=1S/C13H12Cl2N2/c14-10-3-1-8(6-12(10)16)5-9-2-4-11(15)13(17)7-9/h1-4,6-7H,5,16-17H2. The Bertz CT molecular complexity index is 504. The normalized spacial score (nSPS) is 10.5. The molecule has 0 aliphatic carbocycles. The molecule has 0 amide bonds. The van der Waals surface area contributed by atoms with Crippen molar-refractivity contribution in [1.29, 1.82) is 0 Å². The van der Waals surface area contributed by atoms with E-state index in [1.807, 2.05) is 24.3 Å². The minimum absolute atomic E-state index is 0.573. The number of halogens is 2. The first-order valence-electron chi connectivity index (χ1n) is 5.14. The number of hydrogen-bond acceptors (Lipinski definition) is 2. The van der Waals surface area contributed by atoms with Crippen molar-refractivity contribution in [2.24, 2.45) is 0 Å². The maximum Gasteiger partial charge on any atom is 0.0635 e. The lowest BCUT2D eigenvalue weighted by Crippen LogP contribution is -1.94. The van der Waals surface area contributed by atoms with Crippen LogP contribution in [0.4, 0.5) is 11.4 Å². The molecular weight excluding hydrogens is 255 g/mol. The van der Waals surface area contributed by atoms with Gasteiger partial charge in [0.1, 0.15) is 0 Å². The van der Waals surface area contributed by atoms with Crippen molar-refractivity contribution in [2.45, 2.75) is 6.42 Å². The maximum absolute atomic E-state index is 5.87. The van der Waals surface area contributed by atoms with Crippen LogP contribution in [0.3, 0.4) is 0 Å². The van der Waals surface area contributed by atoms with Gasteiger partial charge in [0.2, 0.25) is 0 Å². The van der Waals surface area contributed by atoms with Crippen LogP contribution >= 0.6 is 23.2 Å². The maximum atomic E-state index is 5.87. The van der Waals surface area contributed by atoms with Crippen LogP contribution < -0.4 is 11.5 Å². The Kier molecular flexibility index (Phi) is 3.46. The van der Waals surface area contributed by atoms with Gasteiger partial charge in [-0.05, 0) is 41.8 Å². The molecule has 0 aliphatic rings. The topological polar surface area (TPSA) is 52.0 Å². The third-order valence-electron chi connectivity index (χ3n) is 2.53. The molecule has 4 heteroatoms. The summed E-state index contributed by atoms with van der Waals surface area (Å²) in [6, 6.07) is 11.2. The molecule has 0 saturated carbocycles. The number of hydrogen-bond donors (Lipinski definition) is 2. The second kappa shape index (κ2) is 4.86. The van der Waals surface area contributed by atoms with Crippen molar-refractivity contribution in [1.82, 2.24) is 0 Å². The average Bonchev–Trinajstić information content (AvgIpc) is 2.29. The summed E-state index contributed by atoms with van der Waals surface area (Å²) in [6.07, 6.45) is 0.753. The zero-order valence-electron chi connectivity index (χ0n) is 9.08. The molecule has 0 spiro atoms. The first-order valence-corrected chi connectivity index (χ1v) is 5.89. The second-order valence-electron chi connectivity index (χ2n) is 3.89. The Morgan fingerprint density at radius 1 is 0.765 bits per heavy atom. The highest BCUT2D eigenvalue weighted by Crippen LogP contribution is 2.24. The number of anilines is 2. The van der Waals surface area contributed by atoms with Gasteiger partial charge >= 0.3 is 0 Å². The molecule has 0 aromatic heterocycles. The minimum Gasteiger partial charge on any atom is -0.398 e. The number of rotatable bonds is 2. The van der Waals surface area contributed by atoms with Crippen LogP contribution in [0.5, 0.6) is 0 Å². The fraction of sp³-hybridized carbons (Fsp3) is 0.0769. The molecule has 88 valence electrons. The highest BCUT2D eigenvalue weighted by molar-refractivity contribution is 6.33. The number of nitrogens with two attached hydrogens (primary N) is 2. The van der Waals surface area contributed by atoms with Crippen LogP contribution in [0.2, 0.25) is 10.0 Å². The lowest BCUT2D eigenvalue weighted by Gasteiger charge is -2.06. The summed E-state index contributed by atoms with van der Waals surface area (Å²) in [5.74, 6) is 0. The van der Waals surface area contributed by atoms with Gasteiger partial charge in [0, 0.05) is 0 Å². The summed E-state index contributed by atoms with van der Waals surface area (Å²) in [7, 11) is 0. The lowest BCUT2D eigenvalue weighted by molar-refractivity contribution is 1.20. The minimum atomic E-state index is 0.573. The zero-order valence-corrected chi connectivity index (χ0v) is 10.6. The lowest BCUT2D eigenvalue weighted by atomic mass is 10.0. The summed E-state index contributed by atoms with van der Waals surface area (Å²) < 4.78 is 0. The molecule has 2 nitrogen and oxygen atoms in total. The van der Waals surface area contributed by atoms with Crippen molar-refractivity contribution in [3.63, 3.8) is 0 Å². The van der Waals surface area contributed by atoms with Crippen LogP contribution in [0.25, 0.3) is 0 Å². The molecule has 17 heavy (non-hydrogen) atoms. The largest absolute Gasteiger partial charge is 0.398 e. The molecule has 0 unspecified atom stereocenters. The molecular formula is C13H12Cl2N2. The first-order chi connectivity index (χ1) is 8.06. The Hall–Kier alpha value is -1.38. The van der Waals surface area contributed by atoms with Crippen LogP contribution in [-0.2, 0) is 6.42 Å². The summed E-state index contributed by atoms with van der Waals surface area (Å²) in [6.45, 7) is 0. The van der Waals surface area contributed by atoms with Gasteiger partial charge in [-0.15, -0.1) is 0 Å². The molecule has 0 atom stereocenters. The van der Waals surface area contributed by atoms with E-state index >= 15 is 0 Å². The van der Waals surface area contributed by atoms with Gasteiger partial charge in [0.15, 0.2) is 0 Å². The van der Waals surface area contributed by atoms with Crippen LogP contribution in [0, 0.1) is 0 Å². The highest BCUT2D eigenvalue weighted by atomic mass is 35.5.